The van der Waals surface area contributed by atoms with Gasteiger partial charge in [0.05, 0.1) is 0 Å². The molecule has 0 radical (unpaired) electrons. The molecule has 0 bridgehead atoms. The number of hydrogen-bond acceptors (Lipinski definition) is 4. The van der Waals surface area contributed by atoms with Gasteiger partial charge in [0.15, 0.2) is 11.6 Å². The zero-order valence-electron chi connectivity index (χ0n) is 14.1. The molecule has 0 spiro atoms. The van der Waals surface area contributed by atoms with Crippen LogP contribution in [0.2, 0.25) is 0 Å². The number of amides is 2. The first-order chi connectivity index (χ1) is 12.7. The number of aromatic nitrogens is 1. The highest BCUT2D eigenvalue weighted by Gasteiger charge is 2.32. The van der Waals surface area contributed by atoms with Gasteiger partial charge in [-0.15, -0.1) is 13.2 Å². The van der Waals surface area contributed by atoms with Crippen LogP contribution in [-0.2, 0) is 11.3 Å². The minimum atomic E-state index is -5.03. The lowest BCUT2D eigenvalue weighted by atomic mass is 10.2. The fraction of sp³-hybridized carbons (Fsp3) is 0.235. The summed E-state index contributed by atoms with van der Waals surface area (Å²) in [5.74, 6) is -2.79. The number of pyridine rings is 1. The van der Waals surface area contributed by atoms with Gasteiger partial charge >= 0.3 is 6.36 Å². The van der Waals surface area contributed by atoms with Gasteiger partial charge < -0.3 is 15.4 Å². The second kappa shape index (κ2) is 8.47. The monoisotopic (exact) mass is 385 g/mol. The molecule has 1 heterocycles. The zero-order chi connectivity index (χ0) is 20.0. The van der Waals surface area contributed by atoms with Crippen LogP contribution in [0.5, 0.6) is 5.75 Å². The Balaban J connectivity index is 2.04. The Hall–Kier alpha value is -3.17. The summed E-state index contributed by atoms with van der Waals surface area (Å²) in [7, 11) is 0. The Morgan fingerprint density at radius 2 is 1.93 bits per heavy atom. The van der Waals surface area contributed by atoms with Crippen LogP contribution in [-0.4, -0.2) is 23.2 Å². The molecule has 0 saturated carbocycles. The molecular formula is C17H15F4N3O3. The maximum Gasteiger partial charge on any atom is 0.573 e. The summed E-state index contributed by atoms with van der Waals surface area (Å²) in [5, 5.41) is 4.98. The van der Waals surface area contributed by atoms with E-state index in [2.05, 4.69) is 20.4 Å². The van der Waals surface area contributed by atoms with Crippen LogP contribution in [0.4, 0.5) is 23.4 Å². The zero-order valence-corrected chi connectivity index (χ0v) is 14.1. The molecular weight excluding hydrogens is 370 g/mol. The molecule has 1 aromatic heterocycles. The van der Waals surface area contributed by atoms with Crippen molar-refractivity contribution >= 4 is 17.6 Å². The second-order valence-electron chi connectivity index (χ2n) is 5.33. The lowest BCUT2D eigenvalue weighted by molar-refractivity contribution is -0.275. The van der Waals surface area contributed by atoms with E-state index in [1.807, 2.05) is 0 Å². The average molecular weight is 385 g/mol. The molecule has 2 N–H and O–H groups in total. The highest BCUT2D eigenvalue weighted by atomic mass is 19.4. The number of ether oxygens (including phenoxy) is 1. The Morgan fingerprint density at radius 3 is 2.59 bits per heavy atom. The Bertz CT molecular complexity index is 840. The lowest BCUT2D eigenvalue weighted by Crippen LogP contribution is -2.23. The number of rotatable bonds is 6. The van der Waals surface area contributed by atoms with Crippen molar-refractivity contribution in [3.63, 3.8) is 0 Å². The quantitative estimate of drug-likeness (QED) is 0.747. The number of hydrogen-bond donors (Lipinski definition) is 2. The van der Waals surface area contributed by atoms with Gasteiger partial charge in [0.25, 0.3) is 5.91 Å². The van der Waals surface area contributed by atoms with Gasteiger partial charge in [-0.2, -0.15) is 0 Å². The molecule has 27 heavy (non-hydrogen) atoms. The molecule has 0 fully saturated rings. The van der Waals surface area contributed by atoms with Crippen LogP contribution in [0.1, 0.15) is 29.3 Å². The Labute approximate surface area is 151 Å². The second-order valence-corrected chi connectivity index (χ2v) is 5.33. The number of carbonyl (C=O) groups is 2. The van der Waals surface area contributed by atoms with Crippen molar-refractivity contribution in [3.05, 3.63) is 53.5 Å². The van der Waals surface area contributed by atoms with Crippen LogP contribution in [0.15, 0.2) is 36.5 Å². The number of halogens is 4. The molecule has 0 aliphatic heterocycles. The molecule has 1 aromatic carbocycles. The predicted molar refractivity (Wildman–Crippen MR) is 87.4 cm³/mol. The molecule has 0 unspecified atom stereocenters. The third-order valence-corrected chi connectivity index (χ3v) is 3.29. The minimum Gasteiger partial charge on any atom is -0.403 e. The first-order valence-electron chi connectivity index (χ1n) is 7.76. The fourth-order valence-corrected chi connectivity index (χ4v) is 2.02. The van der Waals surface area contributed by atoms with Gasteiger partial charge in [-0.05, 0) is 29.8 Å². The number of anilines is 1. The van der Waals surface area contributed by atoms with Crippen LogP contribution in [0.25, 0.3) is 0 Å². The maximum absolute atomic E-state index is 13.4. The average Bonchev–Trinajstić information content (AvgIpc) is 2.61. The van der Waals surface area contributed by atoms with E-state index in [0.717, 1.165) is 12.1 Å². The lowest BCUT2D eigenvalue weighted by Gasteiger charge is -2.12. The van der Waals surface area contributed by atoms with Gasteiger partial charge in [-0.25, -0.2) is 9.37 Å². The number of alkyl halides is 3. The summed E-state index contributed by atoms with van der Waals surface area (Å²) in [6.07, 6.45) is -3.46. The number of carbonyl (C=O) groups excluding carboxylic acids is 2. The summed E-state index contributed by atoms with van der Waals surface area (Å²) < 4.78 is 53.7. The Morgan fingerprint density at radius 1 is 1.19 bits per heavy atom. The third-order valence-electron chi connectivity index (χ3n) is 3.29. The Kier molecular flexibility index (Phi) is 6.32. The van der Waals surface area contributed by atoms with Gasteiger partial charge in [0.1, 0.15) is 5.82 Å². The van der Waals surface area contributed by atoms with E-state index in [1.54, 1.807) is 6.92 Å². The smallest absolute Gasteiger partial charge is 0.403 e. The maximum atomic E-state index is 13.4. The SMILES string of the molecule is CCC(=O)Nc1cc(C(=O)NCc2ccc(F)c(OC(F)(F)F)c2)ccn1. The van der Waals surface area contributed by atoms with E-state index in [1.165, 1.54) is 24.4 Å². The van der Waals surface area contributed by atoms with Crippen LogP contribution >= 0.6 is 0 Å². The van der Waals surface area contributed by atoms with E-state index in [-0.39, 0.29) is 35.8 Å². The normalized spacial score (nSPS) is 11.0. The van der Waals surface area contributed by atoms with Crippen LogP contribution in [0, 0.1) is 5.82 Å². The largest absolute Gasteiger partial charge is 0.573 e. The van der Waals surface area contributed by atoms with Crippen molar-refractivity contribution in [2.24, 2.45) is 0 Å². The summed E-state index contributed by atoms with van der Waals surface area (Å²) in [6.45, 7) is 1.50. The molecule has 0 saturated heterocycles. The van der Waals surface area contributed by atoms with E-state index < -0.39 is 23.8 Å². The molecule has 144 valence electrons. The fourth-order valence-electron chi connectivity index (χ4n) is 2.02. The van der Waals surface area contributed by atoms with Crippen molar-refractivity contribution in [1.82, 2.24) is 10.3 Å². The van der Waals surface area contributed by atoms with Crippen LogP contribution < -0.4 is 15.4 Å². The topological polar surface area (TPSA) is 80.3 Å². The van der Waals surface area contributed by atoms with Crippen molar-refractivity contribution in [3.8, 4) is 5.75 Å². The van der Waals surface area contributed by atoms with Crippen molar-refractivity contribution in [2.45, 2.75) is 26.3 Å². The molecule has 0 atom stereocenters. The highest BCUT2D eigenvalue weighted by Crippen LogP contribution is 2.26. The summed E-state index contributed by atoms with van der Waals surface area (Å²) in [6, 6.07) is 5.64. The number of nitrogens with one attached hydrogen (secondary N) is 2. The van der Waals surface area contributed by atoms with Crippen molar-refractivity contribution in [2.75, 3.05) is 5.32 Å². The predicted octanol–water partition coefficient (Wildman–Crippen LogP) is 3.40. The molecule has 10 heteroatoms. The first kappa shape index (κ1) is 20.1. The molecule has 2 amide bonds. The van der Waals surface area contributed by atoms with Gasteiger partial charge in [0, 0.05) is 24.7 Å². The number of benzene rings is 1. The molecule has 0 aliphatic rings. The van der Waals surface area contributed by atoms with Gasteiger partial charge in [-0.1, -0.05) is 13.0 Å². The molecule has 0 aliphatic carbocycles. The molecule has 2 rings (SSSR count). The summed E-state index contributed by atoms with van der Waals surface area (Å²) in [5.41, 5.74) is 0.392. The van der Waals surface area contributed by atoms with E-state index in [4.69, 9.17) is 0 Å². The van der Waals surface area contributed by atoms with Crippen LogP contribution in [0.3, 0.4) is 0 Å². The molecule has 6 nitrogen and oxygen atoms in total. The van der Waals surface area contributed by atoms with Gasteiger partial charge in [0.2, 0.25) is 5.91 Å². The minimum absolute atomic E-state index is 0.160. The standard InChI is InChI=1S/C17H15F4N3O3/c1-2-15(25)24-14-8-11(5-6-22-14)16(26)23-9-10-3-4-12(18)13(7-10)27-17(19,20)21/h3-8H,2,9H2,1H3,(H,23,26)(H,22,24,25). The van der Waals surface area contributed by atoms with E-state index in [9.17, 15) is 27.2 Å². The van der Waals surface area contributed by atoms with Crippen molar-refractivity contribution < 1.29 is 31.9 Å². The number of nitrogens with zero attached hydrogens (tertiary/aromatic N) is 1. The summed E-state index contributed by atoms with van der Waals surface area (Å²) >= 11 is 0. The summed E-state index contributed by atoms with van der Waals surface area (Å²) in [4.78, 5) is 27.4. The third kappa shape index (κ3) is 6.24. The first-order valence-corrected chi connectivity index (χ1v) is 7.76. The van der Waals surface area contributed by atoms with Crippen molar-refractivity contribution in [1.29, 1.82) is 0 Å². The van der Waals surface area contributed by atoms with E-state index in [0.29, 0.717) is 0 Å². The highest BCUT2D eigenvalue weighted by molar-refractivity contribution is 5.96. The molecule has 2 aromatic rings. The van der Waals surface area contributed by atoms with E-state index >= 15 is 0 Å². The van der Waals surface area contributed by atoms with Gasteiger partial charge in [-0.3, -0.25) is 9.59 Å².